The van der Waals surface area contributed by atoms with Gasteiger partial charge in [0, 0.05) is 35.5 Å². The zero-order chi connectivity index (χ0) is 27.5. The van der Waals surface area contributed by atoms with Crippen LogP contribution in [-0.2, 0) is 16.0 Å². The van der Waals surface area contributed by atoms with Gasteiger partial charge in [0.05, 0.1) is 13.7 Å². The average Bonchev–Trinajstić information content (AvgIpc) is 2.97. The molecule has 0 amide bonds. The molecule has 2 N–H and O–H groups in total. The summed E-state index contributed by atoms with van der Waals surface area (Å²) in [4.78, 5) is 25.8. The number of methoxy groups -OCH3 is 1. The van der Waals surface area contributed by atoms with Crippen LogP contribution in [0.25, 0.3) is 0 Å². The maximum atomic E-state index is 13.1. The van der Waals surface area contributed by atoms with Crippen molar-refractivity contribution in [3.05, 3.63) is 125 Å². The zero-order valence-corrected chi connectivity index (χ0v) is 22.4. The van der Waals surface area contributed by atoms with Crippen LogP contribution in [0.5, 0.6) is 5.75 Å². The molecule has 0 fully saturated rings. The van der Waals surface area contributed by atoms with Crippen molar-refractivity contribution in [2.75, 3.05) is 30.9 Å². The Morgan fingerprint density at radius 2 is 1.59 bits per heavy atom. The number of anilines is 2. The average molecular weight is 523 g/mol. The fraction of sp³-hybridized carbons (Fsp3) is 0.212. The SMILES string of the molecule is COC(=O)C(Cc1ccc(OCCCNc2cccc(C)c2)cc1)Nc1ccccc1C(=O)c1ccccc1. The van der Waals surface area contributed by atoms with Gasteiger partial charge in [0.25, 0.3) is 0 Å². The van der Waals surface area contributed by atoms with Crippen LogP contribution in [0.3, 0.4) is 0 Å². The number of ether oxygens (including phenoxy) is 2. The third kappa shape index (κ3) is 7.95. The highest BCUT2D eigenvalue weighted by atomic mass is 16.5. The van der Waals surface area contributed by atoms with Crippen molar-refractivity contribution in [3.63, 3.8) is 0 Å². The van der Waals surface area contributed by atoms with Crippen LogP contribution in [0.4, 0.5) is 11.4 Å². The first-order valence-corrected chi connectivity index (χ1v) is 13.1. The Kier molecular flexibility index (Phi) is 9.73. The van der Waals surface area contributed by atoms with Gasteiger partial charge in [-0.3, -0.25) is 4.79 Å². The lowest BCUT2D eigenvalue weighted by atomic mass is 10.00. The van der Waals surface area contributed by atoms with Gasteiger partial charge in [0.1, 0.15) is 11.8 Å². The molecule has 0 heterocycles. The van der Waals surface area contributed by atoms with E-state index in [9.17, 15) is 9.59 Å². The minimum Gasteiger partial charge on any atom is -0.494 e. The fourth-order valence-electron chi connectivity index (χ4n) is 4.28. The second-order valence-electron chi connectivity index (χ2n) is 9.31. The van der Waals surface area contributed by atoms with E-state index in [-0.39, 0.29) is 5.78 Å². The quantitative estimate of drug-likeness (QED) is 0.122. The van der Waals surface area contributed by atoms with E-state index in [1.807, 2.05) is 60.7 Å². The van der Waals surface area contributed by atoms with Crippen molar-refractivity contribution < 1.29 is 19.1 Å². The lowest BCUT2D eigenvalue weighted by molar-refractivity contribution is -0.141. The fourth-order valence-corrected chi connectivity index (χ4v) is 4.28. The number of carbonyl (C=O) groups is 2. The van der Waals surface area contributed by atoms with Crippen molar-refractivity contribution in [1.29, 1.82) is 0 Å². The molecule has 0 saturated carbocycles. The molecule has 0 aliphatic rings. The van der Waals surface area contributed by atoms with Gasteiger partial charge < -0.3 is 20.1 Å². The van der Waals surface area contributed by atoms with E-state index >= 15 is 0 Å². The summed E-state index contributed by atoms with van der Waals surface area (Å²) in [5.74, 6) is 0.256. The molecular formula is C33H34N2O4. The molecule has 6 nitrogen and oxygen atoms in total. The van der Waals surface area contributed by atoms with Crippen molar-refractivity contribution in [2.24, 2.45) is 0 Å². The summed E-state index contributed by atoms with van der Waals surface area (Å²) < 4.78 is 11.0. The van der Waals surface area contributed by atoms with E-state index in [4.69, 9.17) is 9.47 Å². The molecule has 4 aromatic carbocycles. The summed E-state index contributed by atoms with van der Waals surface area (Å²) in [6.45, 7) is 3.49. The second-order valence-corrected chi connectivity index (χ2v) is 9.31. The van der Waals surface area contributed by atoms with Gasteiger partial charge in [-0.25, -0.2) is 4.79 Å². The number of esters is 1. The van der Waals surface area contributed by atoms with Gasteiger partial charge in [-0.15, -0.1) is 0 Å². The molecule has 0 bridgehead atoms. The normalized spacial score (nSPS) is 11.3. The van der Waals surface area contributed by atoms with Gasteiger partial charge >= 0.3 is 5.97 Å². The number of ketones is 1. The monoisotopic (exact) mass is 522 g/mol. The van der Waals surface area contributed by atoms with Crippen LogP contribution in [0.2, 0.25) is 0 Å². The Morgan fingerprint density at radius 1 is 0.846 bits per heavy atom. The summed E-state index contributed by atoms with van der Waals surface area (Å²) in [5.41, 5.74) is 4.95. The molecule has 0 aliphatic carbocycles. The first-order chi connectivity index (χ1) is 19.0. The molecular weight excluding hydrogens is 488 g/mol. The van der Waals surface area contributed by atoms with E-state index in [2.05, 4.69) is 35.8 Å². The van der Waals surface area contributed by atoms with Crippen molar-refractivity contribution in [3.8, 4) is 5.75 Å². The predicted octanol–water partition coefficient (Wildman–Crippen LogP) is 6.30. The highest BCUT2D eigenvalue weighted by Gasteiger charge is 2.22. The zero-order valence-electron chi connectivity index (χ0n) is 22.4. The minimum atomic E-state index is -0.667. The van der Waals surface area contributed by atoms with E-state index in [1.54, 1.807) is 24.3 Å². The second kappa shape index (κ2) is 13.8. The van der Waals surface area contributed by atoms with E-state index in [1.165, 1.54) is 12.7 Å². The molecule has 1 unspecified atom stereocenters. The maximum Gasteiger partial charge on any atom is 0.328 e. The Labute approximate surface area is 230 Å². The van der Waals surface area contributed by atoms with Gasteiger partial charge in [-0.1, -0.05) is 66.7 Å². The Hall–Kier alpha value is -4.58. The van der Waals surface area contributed by atoms with Crippen molar-refractivity contribution in [1.82, 2.24) is 0 Å². The van der Waals surface area contributed by atoms with Crippen LogP contribution in [-0.4, -0.2) is 38.1 Å². The van der Waals surface area contributed by atoms with Crippen LogP contribution in [0, 0.1) is 6.92 Å². The molecule has 0 spiro atoms. The number of aryl methyl sites for hydroxylation is 1. The lowest BCUT2D eigenvalue weighted by Crippen LogP contribution is -2.33. The van der Waals surface area contributed by atoms with Gasteiger partial charge in [0.15, 0.2) is 5.78 Å². The Bertz CT molecular complexity index is 1370. The van der Waals surface area contributed by atoms with Crippen molar-refractivity contribution >= 4 is 23.1 Å². The standard InChI is InChI=1S/C33H34N2O4/c1-24-10-8-13-27(22-24)34-20-9-21-39-28-18-16-25(17-19-28)23-31(33(37)38-2)35-30-15-7-6-14-29(30)32(36)26-11-4-3-5-12-26/h3-8,10-19,22,31,34-35H,9,20-21,23H2,1-2H3. The largest absolute Gasteiger partial charge is 0.494 e. The smallest absolute Gasteiger partial charge is 0.328 e. The summed E-state index contributed by atoms with van der Waals surface area (Å²) >= 11 is 0. The lowest BCUT2D eigenvalue weighted by Gasteiger charge is -2.20. The summed E-state index contributed by atoms with van der Waals surface area (Å²) in [6.07, 6.45) is 1.26. The van der Waals surface area contributed by atoms with Gasteiger partial charge in [-0.2, -0.15) is 0 Å². The molecule has 4 rings (SSSR count). The van der Waals surface area contributed by atoms with Gasteiger partial charge in [0.2, 0.25) is 0 Å². The Balaban J connectivity index is 1.34. The molecule has 4 aromatic rings. The summed E-state index contributed by atoms with van der Waals surface area (Å²) in [5, 5.41) is 6.65. The number of nitrogens with one attached hydrogen (secondary N) is 2. The number of hydrogen-bond donors (Lipinski definition) is 2. The number of hydrogen-bond acceptors (Lipinski definition) is 6. The molecule has 0 radical (unpaired) electrons. The highest BCUT2D eigenvalue weighted by molar-refractivity contribution is 6.12. The van der Waals surface area contributed by atoms with Crippen LogP contribution < -0.4 is 15.4 Å². The van der Waals surface area contributed by atoms with E-state index < -0.39 is 12.0 Å². The van der Waals surface area contributed by atoms with Crippen LogP contribution in [0.15, 0.2) is 103 Å². The third-order valence-corrected chi connectivity index (χ3v) is 6.32. The molecule has 1 atom stereocenters. The predicted molar refractivity (Wildman–Crippen MR) is 156 cm³/mol. The number of benzene rings is 4. The topological polar surface area (TPSA) is 76.7 Å². The number of carbonyl (C=O) groups excluding carboxylic acids is 2. The summed E-state index contributed by atoms with van der Waals surface area (Å²) in [6, 6.07) is 31.6. The molecule has 200 valence electrons. The molecule has 0 saturated heterocycles. The molecule has 0 aliphatic heterocycles. The first-order valence-electron chi connectivity index (χ1n) is 13.1. The highest BCUT2D eigenvalue weighted by Crippen LogP contribution is 2.22. The number of rotatable bonds is 13. The molecule has 6 heteroatoms. The molecule has 39 heavy (non-hydrogen) atoms. The van der Waals surface area contributed by atoms with Gasteiger partial charge in [-0.05, 0) is 60.9 Å². The summed E-state index contributed by atoms with van der Waals surface area (Å²) in [7, 11) is 1.36. The molecule has 0 aromatic heterocycles. The third-order valence-electron chi connectivity index (χ3n) is 6.32. The van der Waals surface area contributed by atoms with Crippen molar-refractivity contribution in [2.45, 2.75) is 25.8 Å². The van der Waals surface area contributed by atoms with Crippen LogP contribution in [0.1, 0.15) is 33.5 Å². The van der Waals surface area contributed by atoms with Crippen LogP contribution >= 0.6 is 0 Å². The Morgan fingerprint density at radius 3 is 2.33 bits per heavy atom. The van der Waals surface area contributed by atoms with E-state index in [0.717, 1.165) is 30.0 Å². The van der Waals surface area contributed by atoms with E-state index in [0.29, 0.717) is 29.8 Å². The maximum absolute atomic E-state index is 13.1. The first kappa shape index (κ1) is 27.5. The minimum absolute atomic E-state index is 0.113. The number of para-hydroxylation sites is 1.